The van der Waals surface area contributed by atoms with E-state index in [4.69, 9.17) is 0 Å². The highest BCUT2D eigenvalue weighted by atomic mass is 19.4. The topological polar surface area (TPSA) is 24.9 Å². The number of rotatable bonds is 2. The maximum absolute atomic E-state index is 13.0. The highest BCUT2D eigenvalue weighted by molar-refractivity contribution is 5.47. The fourth-order valence-electron chi connectivity index (χ4n) is 1.37. The fourth-order valence-corrected chi connectivity index (χ4v) is 1.37. The van der Waals surface area contributed by atoms with Crippen LogP contribution in [-0.2, 0) is 0 Å². The first-order chi connectivity index (χ1) is 7.34. The van der Waals surface area contributed by atoms with Gasteiger partial charge in [0.25, 0.3) is 0 Å². The van der Waals surface area contributed by atoms with Crippen molar-refractivity contribution >= 4 is 5.69 Å². The predicted octanol–water partition coefficient (Wildman–Crippen LogP) is 2.87. The monoisotopic (exact) mass is 238 g/mol. The maximum atomic E-state index is 13.0. The lowest BCUT2D eigenvalue weighted by Crippen LogP contribution is -2.39. The molecular formula is C9H7F5N2. The Morgan fingerprint density at radius 2 is 1.81 bits per heavy atom. The van der Waals surface area contributed by atoms with Crippen molar-refractivity contribution in [3.05, 3.63) is 24.0 Å². The van der Waals surface area contributed by atoms with Crippen LogP contribution in [-0.4, -0.2) is 16.7 Å². The molecule has 1 aliphatic rings. The molecule has 0 aromatic carbocycles. The lowest BCUT2D eigenvalue weighted by Gasteiger charge is -2.21. The molecule has 0 spiro atoms. The molecule has 1 N–H and O–H groups in total. The van der Waals surface area contributed by atoms with Crippen molar-refractivity contribution in [2.75, 3.05) is 5.32 Å². The molecule has 0 atom stereocenters. The predicted molar refractivity (Wildman–Crippen MR) is 45.8 cm³/mol. The Balaban J connectivity index is 2.22. The van der Waals surface area contributed by atoms with Crippen LogP contribution in [0.3, 0.4) is 0 Å². The van der Waals surface area contributed by atoms with E-state index in [1.54, 1.807) is 0 Å². The van der Waals surface area contributed by atoms with E-state index in [1.165, 1.54) is 0 Å². The average Bonchev–Trinajstić information content (AvgIpc) is 2.90. The van der Waals surface area contributed by atoms with Gasteiger partial charge in [0.1, 0.15) is 5.54 Å². The van der Waals surface area contributed by atoms with Crippen LogP contribution in [0.1, 0.15) is 12.8 Å². The highest BCUT2D eigenvalue weighted by Crippen LogP contribution is 2.51. The van der Waals surface area contributed by atoms with Crippen molar-refractivity contribution in [1.82, 2.24) is 4.98 Å². The molecule has 1 saturated carbocycles. The van der Waals surface area contributed by atoms with Gasteiger partial charge in [0, 0.05) is 0 Å². The van der Waals surface area contributed by atoms with Crippen molar-refractivity contribution in [3.8, 4) is 0 Å². The quantitative estimate of drug-likeness (QED) is 0.633. The number of hydrogen-bond acceptors (Lipinski definition) is 2. The number of hydrogen-bond donors (Lipinski definition) is 1. The van der Waals surface area contributed by atoms with Gasteiger partial charge in [-0.2, -0.15) is 26.9 Å². The van der Waals surface area contributed by atoms with E-state index in [0.29, 0.717) is 0 Å². The second-order valence-corrected chi connectivity index (χ2v) is 3.68. The van der Waals surface area contributed by atoms with Gasteiger partial charge in [-0.1, -0.05) is 0 Å². The minimum atomic E-state index is -4.45. The summed E-state index contributed by atoms with van der Waals surface area (Å²) in [7, 11) is 0. The molecule has 0 aliphatic heterocycles. The van der Waals surface area contributed by atoms with Crippen molar-refractivity contribution in [2.45, 2.75) is 24.6 Å². The third kappa shape index (κ3) is 1.81. The molecule has 7 heteroatoms. The van der Waals surface area contributed by atoms with Crippen molar-refractivity contribution < 1.29 is 22.0 Å². The van der Waals surface area contributed by atoms with E-state index < -0.39 is 29.3 Å². The number of anilines is 1. The lowest BCUT2D eigenvalue weighted by atomic mass is 10.2. The van der Waals surface area contributed by atoms with Gasteiger partial charge >= 0.3 is 6.18 Å². The molecule has 88 valence electrons. The van der Waals surface area contributed by atoms with Gasteiger partial charge in [-0.3, -0.25) is 0 Å². The van der Waals surface area contributed by atoms with Gasteiger partial charge in [-0.05, 0) is 25.0 Å². The smallest absolute Gasteiger partial charge is 0.368 e. The molecule has 2 rings (SSSR count). The zero-order valence-electron chi connectivity index (χ0n) is 7.91. The highest BCUT2D eigenvalue weighted by Gasteiger charge is 2.63. The summed E-state index contributed by atoms with van der Waals surface area (Å²) in [5.41, 5.74) is -2.51. The first kappa shape index (κ1) is 11.1. The van der Waals surface area contributed by atoms with Gasteiger partial charge < -0.3 is 5.32 Å². The second-order valence-electron chi connectivity index (χ2n) is 3.68. The first-order valence-corrected chi connectivity index (χ1v) is 4.51. The molecule has 16 heavy (non-hydrogen) atoms. The Labute approximate surface area is 87.5 Å². The summed E-state index contributed by atoms with van der Waals surface area (Å²) in [4.78, 5) is 2.80. The van der Waals surface area contributed by atoms with E-state index in [0.717, 1.165) is 12.1 Å². The molecule has 1 aromatic heterocycles. The Hall–Kier alpha value is -1.40. The number of alkyl halides is 3. The first-order valence-electron chi connectivity index (χ1n) is 4.51. The summed E-state index contributed by atoms with van der Waals surface area (Å²) < 4.78 is 63.0. The standard InChI is InChI=1S/C9H7F5N2/c10-6-2-1-5(7(11)15-6)16-8(3-4-8)9(12,13)14/h1-2,16H,3-4H2. The van der Waals surface area contributed by atoms with Crippen LogP contribution in [0.15, 0.2) is 12.1 Å². The molecular weight excluding hydrogens is 231 g/mol. The van der Waals surface area contributed by atoms with Crippen LogP contribution >= 0.6 is 0 Å². The van der Waals surface area contributed by atoms with Crippen LogP contribution in [0.5, 0.6) is 0 Å². The molecule has 0 bridgehead atoms. The van der Waals surface area contributed by atoms with Gasteiger partial charge in [-0.15, -0.1) is 0 Å². The van der Waals surface area contributed by atoms with E-state index >= 15 is 0 Å². The second kappa shape index (κ2) is 3.29. The molecule has 1 aliphatic carbocycles. The Morgan fingerprint density at radius 1 is 1.19 bits per heavy atom. The third-order valence-electron chi connectivity index (χ3n) is 2.48. The number of nitrogens with zero attached hydrogens (tertiary/aromatic N) is 1. The van der Waals surface area contributed by atoms with Gasteiger partial charge in [0.15, 0.2) is 0 Å². The lowest BCUT2D eigenvalue weighted by molar-refractivity contribution is -0.151. The molecule has 0 radical (unpaired) electrons. The number of pyridine rings is 1. The normalized spacial score (nSPS) is 18.3. The van der Waals surface area contributed by atoms with Crippen molar-refractivity contribution in [3.63, 3.8) is 0 Å². The number of nitrogens with one attached hydrogen (secondary N) is 1. The molecule has 1 heterocycles. The molecule has 1 fully saturated rings. The summed E-state index contributed by atoms with van der Waals surface area (Å²) in [6.07, 6.45) is -4.69. The molecule has 0 unspecified atom stereocenters. The zero-order chi connectivity index (χ0) is 12.0. The van der Waals surface area contributed by atoms with E-state index in [2.05, 4.69) is 4.98 Å². The third-order valence-corrected chi connectivity index (χ3v) is 2.48. The fraction of sp³-hybridized carbons (Fsp3) is 0.444. The van der Waals surface area contributed by atoms with Crippen molar-refractivity contribution in [1.29, 1.82) is 0 Å². The zero-order valence-corrected chi connectivity index (χ0v) is 7.91. The Kier molecular flexibility index (Phi) is 2.28. The summed E-state index contributed by atoms with van der Waals surface area (Å²) >= 11 is 0. The summed E-state index contributed by atoms with van der Waals surface area (Å²) in [6.45, 7) is 0. The molecule has 1 aromatic rings. The minimum Gasteiger partial charge on any atom is -0.368 e. The summed E-state index contributed by atoms with van der Waals surface area (Å²) in [5.74, 6) is -2.34. The van der Waals surface area contributed by atoms with E-state index in [9.17, 15) is 22.0 Å². The largest absolute Gasteiger partial charge is 0.411 e. The van der Waals surface area contributed by atoms with Crippen LogP contribution in [0.4, 0.5) is 27.6 Å². The molecule has 0 amide bonds. The van der Waals surface area contributed by atoms with Crippen LogP contribution in [0.2, 0.25) is 0 Å². The van der Waals surface area contributed by atoms with Gasteiger partial charge in [0.05, 0.1) is 5.69 Å². The van der Waals surface area contributed by atoms with Crippen LogP contribution in [0, 0.1) is 11.9 Å². The van der Waals surface area contributed by atoms with E-state index in [-0.39, 0.29) is 12.8 Å². The van der Waals surface area contributed by atoms with Gasteiger partial charge in [0.2, 0.25) is 11.9 Å². The van der Waals surface area contributed by atoms with Crippen LogP contribution in [0.25, 0.3) is 0 Å². The number of aromatic nitrogens is 1. The van der Waals surface area contributed by atoms with Gasteiger partial charge in [-0.25, -0.2) is 0 Å². The van der Waals surface area contributed by atoms with Crippen LogP contribution < -0.4 is 5.32 Å². The maximum Gasteiger partial charge on any atom is 0.411 e. The summed E-state index contributed by atoms with van der Waals surface area (Å²) in [5, 5.41) is 2.04. The van der Waals surface area contributed by atoms with E-state index in [1.807, 2.05) is 5.32 Å². The molecule has 0 saturated heterocycles. The SMILES string of the molecule is Fc1ccc(NC2(C(F)(F)F)CC2)c(F)n1. The minimum absolute atomic E-state index is 0.118. The Bertz CT molecular complexity index is 411. The number of halogens is 5. The average molecular weight is 238 g/mol. The Morgan fingerprint density at radius 3 is 2.25 bits per heavy atom. The summed E-state index contributed by atoms with van der Waals surface area (Å²) in [6, 6.07) is 1.71. The molecule has 2 nitrogen and oxygen atoms in total. The van der Waals surface area contributed by atoms with Crippen molar-refractivity contribution in [2.24, 2.45) is 0 Å².